The summed E-state index contributed by atoms with van der Waals surface area (Å²) < 4.78 is 0. The van der Waals surface area contributed by atoms with Crippen molar-refractivity contribution in [2.75, 3.05) is 24.5 Å². The van der Waals surface area contributed by atoms with Crippen molar-refractivity contribution in [2.45, 2.75) is 18.9 Å². The Kier molecular flexibility index (Phi) is 6.89. The standard InChI is InChI=1S/C24H24ClN3O2S/c25-19-9-7-17(8-10-19)11-13-26-23(29)24(30)27-16-21(22-6-3-15-31-22)28-14-12-18-4-1-2-5-20(18)28/h1-10,15,21H,11-14,16H2,(H,26,29)(H,27,30)/t21-/m0/s1. The van der Waals surface area contributed by atoms with Crippen LogP contribution in [0, 0.1) is 0 Å². The molecule has 2 aromatic carbocycles. The number of hydrogen-bond acceptors (Lipinski definition) is 4. The summed E-state index contributed by atoms with van der Waals surface area (Å²) in [5.74, 6) is -1.22. The minimum Gasteiger partial charge on any atom is -0.361 e. The lowest BCUT2D eigenvalue weighted by molar-refractivity contribution is -0.139. The number of hydrogen-bond donors (Lipinski definition) is 2. The minimum atomic E-state index is -0.610. The van der Waals surface area contributed by atoms with Crippen LogP contribution in [0.3, 0.4) is 0 Å². The van der Waals surface area contributed by atoms with E-state index in [4.69, 9.17) is 11.6 Å². The molecule has 1 aromatic heterocycles. The molecule has 0 unspecified atom stereocenters. The van der Waals surface area contributed by atoms with Gasteiger partial charge in [0.25, 0.3) is 0 Å². The van der Waals surface area contributed by atoms with Crippen molar-refractivity contribution < 1.29 is 9.59 Å². The Hall–Kier alpha value is -2.83. The van der Waals surface area contributed by atoms with Crippen LogP contribution in [0.5, 0.6) is 0 Å². The van der Waals surface area contributed by atoms with Crippen LogP contribution >= 0.6 is 22.9 Å². The monoisotopic (exact) mass is 453 g/mol. The van der Waals surface area contributed by atoms with Crippen LogP contribution in [0.15, 0.2) is 66.0 Å². The molecule has 31 heavy (non-hydrogen) atoms. The van der Waals surface area contributed by atoms with E-state index in [1.165, 1.54) is 16.1 Å². The number of nitrogens with zero attached hydrogens (tertiary/aromatic N) is 1. The second-order valence-electron chi connectivity index (χ2n) is 7.45. The van der Waals surface area contributed by atoms with Gasteiger partial charge in [-0.15, -0.1) is 11.3 Å². The molecule has 160 valence electrons. The number of anilines is 1. The van der Waals surface area contributed by atoms with Gasteiger partial charge in [0.1, 0.15) is 0 Å². The van der Waals surface area contributed by atoms with Crippen LogP contribution < -0.4 is 15.5 Å². The first-order valence-electron chi connectivity index (χ1n) is 10.3. The second-order valence-corrected chi connectivity index (χ2v) is 8.86. The molecule has 0 spiro atoms. The Morgan fingerprint density at radius 3 is 2.55 bits per heavy atom. The summed E-state index contributed by atoms with van der Waals surface area (Å²) >= 11 is 7.55. The van der Waals surface area contributed by atoms with Crippen molar-refractivity contribution >= 4 is 40.4 Å². The molecule has 4 rings (SSSR count). The normalized spacial score (nSPS) is 13.5. The van der Waals surface area contributed by atoms with E-state index >= 15 is 0 Å². The fourth-order valence-electron chi connectivity index (χ4n) is 3.85. The zero-order valence-electron chi connectivity index (χ0n) is 17.0. The fourth-order valence-corrected chi connectivity index (χ4v) is 4.82. The van der Waals surface area contributed by atoms with E-state index in [1.54, 1.807) is 11.3 Å². The first-order chi connectivity index (χ1) is 15.1. The van der Waals surface area contributed by atoms with Crippen molar-refractivity contribution in [1.82, 2.24) is 10.6 Å². The number of amides is 2. The van der Waals surface area contributed by atoms with Gasteiger partial charge in [-0.25, -0.2) is 0 Å². The molecule has 0 aliphatic carbocycles. The number of rotatable bonds is 7. The summed E-state index contributed by atoms with van der Waals surface area (Å²) in [7, 11) is 0. The topological polar surface area (TPSA) is 61.4 Å². The van der Waals surface area contributed by atoms with Gasteiger partial charge >= 0.3 is 11.8 Å². The van der Waals surface area contributed by atoms with Gasteiger partial charge in [0.2, 0.25) is 0 Å². The van der Waals surface area contributed by atoms with Crippen LogP contribution in [0.25, 0.3) is 0 Å². The maximum Gasteiger partial charge on any atom is 0.309 e. The average Bonchev–Trinajstić information content (AvgIpc) is 3.46. The largest absolute Gasteiger partial charge is 0.361 e. The summed E-state index contributed by atoms with van der Waals surface area (Å²) in [6.45, 7) is 1.66. The molecular formula is C24H24ClN3O2S. The predicted octanol–water partition coefficient (Wildman–Crippen LogP) is 3.98. The lowest BCUT2D eigenvalue weighted by atomic mass is 10.1. The van der Waals surface area contributed by atoms with Crippen LogP contribution in [0.2, 0.25) is 5.02 Å². The van der Waals surface area contributed by atoms with E-state index in [0.29, 0.717) is 24.5 Å². The summed E-state index contributed by atoms with van der Waals surface area (Å²) in [4.78, 5) is 28.1. The molecule has 2 N–H and O–H groups in total. The first kappa shape index (κ1) is 21.4. The number of carbonyl (C=O) groups is 2. The number of para-hydroxylation sites is 1. The Bertz CT molecular complexity index is 1040. The van der Waals surface area contributed by atoms with E-state index < -0.39 is 11.8 Å². The van der Waals surface area contributed by atoms with Crippen LogP contribution in [-0.2, 0) is 22.4 Å². The molecule has 0 bridgehead atoms. The number of halogens is 1. The van der Waals surface area contributed by atoms with E-state index in [1.807, 2.05) is 41.8 Å². The number of benzene rings is 2. The molecule has 2 heterocycles. The number of carbonyl (C=O) groups excluding carboxylic acids is 2. The Morgan fingerprint density at radius 2 is 1.77 bits per heavy atom. The molecule has 0 saturated heterocycles. The highest BCUT2D eigenvalue weighted by molar-refractivity contribution is 7.10. The molecule has 1 aliphatic heterocycles. The van der Waals surface area contributed by atoms with Crippen molar-refractivity contribution in [1.29, 1.82) is 0 Å². The molecule has 2 amide bonds. The van der Waals surface area contributed by atoms with Crippen molar-refractivity contribution in [3.05, 3.63) is 87.1 Å². The molecule has 1 atom stereocenters. The van der Waals surface area contributed by atoms with Crippen LogP contribution in [0.4, 0.5) is 5.69 Å². The minimum absolute atomic E-state index is 0.00512. The Balaban J connectivity index is 1.33. The predicted molar refractivity (Wildman–Crippen MR) is 126 cm³/mol. The lowest BCUT2D eigenvalue weighted by Crippen LogP contribution is -2.44. The molecular weight excluding hydrogens is 430 g/mol. The number of fused-ring (bicyclic) bond motifs is 1. The van der Waals surface area contributed by atoms with Gasteiger partial charge in [-0.1, -0.05) is 48.0 Å². The van der Waals surface area contributed by atoms with E-state index in [9.17, 15) is 9.59 Å². The average molecular weight is 454 g/mol. The molecule has 1 aliphatic rings. The van der Waals surface area contributed by atoms with Gasteiger partial charge < -0.3 is 15.5 Å². The smallest absolute Gasteiger partial charge is 0.309 e. The van der Waals surface area contributed by atoms with Crippen molar-refractivity contribution in [3.63, 3.8) is 0 Å². The Morgan fingerprint density at radius 1 is 1.00 bits per heavy atom. The van der Waals surface area contributed by atoms with Crippen molar-refractivity contribution in [3.8, 4) is 0 Å². The molecule has 0 radical (unpaired) electrons. The third-order valence-corrected chi connectivity index (χ3v) is 6.67. The zero-order valence-corrected chi connectivity index (χ0v) is 18.6. The maximum absolute atomic E-state index is 12.4. The molecule has 3 aromatic rings. The van der Waals surface area contributed by atoms with Gasteiger partial charge in [0.15, 0.2) is 0 Å². The summed E-state index contributed by atoms with van der Waals surface area (Å²) in [5.41, 5.74) is 3.56. The number of nitrogens with one attached hydrogen (secondary N) is 2. The van der Waals surface area contributed by atoms with Crippen LogP contribution in [-0.4, -0.2) is 31.4 Å². The van der Waals surface area contributed by atoms with E-state index in [2.05, 4.69) is 39.8 Å². The van der Waals surface area contributed by atoms with Crippen LogP contribution in [0.1, 0.15) is 22.0 Å². The highest BCUT2D eigenvalue weighted by atomic mass is 35.5. The molecule has 0 fully saturated rings. The summed E-state index contributed by atoms with van der Waals surface area (Å²) in [6, 6.07) is 19.9. The summed E-state index contributed by atoms with van der Waals surface area (Å²) in [5, 5.41) is 8.24. The second kappa shape index (κ2) is 9.98. The highest BCUT2D eigenvalue weighted by Crippen LogP contribution is 2.36. The maximum atomic E-state index is 12.4. The quantitative estimate of drug-likeness (QED) is 0.532. The lowest BCUT2D eigenvalue weighted by Gasteiger charge is -2.30. The fraction of sp³-hybridized carbons (Fsp3) is 0.250. The van der Waals surface area contributed by atoms with Gasteiger partial charge in [-0.3, -0.25) is 9.59 Å². The van der Waals surface area contributed by atoms with Gasteiger partial charge in [0.05, 0.1) is 6.04 Å². The highest BCUT2D eigenvalue weighted by Gasteiger charge is 2.28. The van der Waals surface area contributed by atoms with Gasteiger partial charge in [-0.05, 0) is 53.6 Å². The number of thiophene rings is 1. The van der Waals surface area contributed by atoms with E-state index in [-0.39, 0.29) is 6.04 Å². The van der Waals surface area contributed by atoms with E-state index in [0.717, 1.165) is 18.5 Å². The zero-order chi connectivity index (χ0) is 21.6. The third-order valence-electron chi connectivity index (χ3n) is 5.45. The molecule has 5 nitrogen and oxygen atoms in total. The van der Waals surface area contributed by atoms with Crippen molar-refractivity contribution in [2.24, 2.45) is 0 Å². The Labute approximate surface area is 191 Å². The first-order valence-corrected chi connectivity index (χ1v) is 11.6. The van der Waals surface area contributed by atoms with Gasteiger partial charge in [-0.2, -0.15) is 0 Å². The third kappa shape index (κ3) is 5.27. The molecule has 7 heteroatoms. The van der Waals surface area contributed by atoms with Gasteiger partial charge in [0, 0.05) is 35.2 Å². The molecule has 0 saturated carbocycles. The summed E-state index contributed by atoms with van der Waals surface area (Å²) in [6.07, 6.45) is 1.62. The SMILES string of the molecule is O=C(NCCc1ccc(Cl)cc1)C(=O)NC[C@@H](c1cccs1)N1CCc2ccccc21.